The van der Waals surface area contributed by atoms with Crippen molar-refractivity contribution in [2.24, 2.45) is 4.99 Å². The summed E-state index contributed by atoms with van der Waals surface area (Å²) in [6, 6.07) is 18.1. The van der Waals surface area contributed by atoms with Gasteiger partial charge in [0.2, 0.25) is 5.88 Å². The van der Waals surface area contributed by atoms with Crippen molar-refractivity contribution in [3.63, 3.8) is 0 Å². The Balaban J connectivity index is 1.75. The normalized spacial score (nSPS) is 14.6. The zero-order valence-electron chi connectivity index (χ0n) is 13.6. The fraction of sp³-hybridized carbons (Fsp3) is 0.100. The van der Waals surface area contributed by atoms with Gasteiger partial charge in [0.25, 0.3) is 0 Å². The Kier molecular flexibility index (Phi) is 4.11. The fourth-order valence-corrected chi connectivity index (χ4v) is 4.21. The van der Waals surface area contributed by atoms with Crippen LogP contribution in [0.3, 0.4) is 0 Å². The predicted octanol–water partition coefficient (Wildman–Crippen LogP) is 5.68. The molecule has 1 aromatic heterocycles. The van der Waals surface area contributed by atoms with Gasteiger partial charge in [0.15, 0.2) is 3.95 Å². The summed E-state index contributed by atoms with van der Waals surface area (Å²) in [6.07, 6.45) is 1.99. The number of hydrogen-bond donors (Lipinski definition) is 1. The summed E-state index contributed by atoms with van der Waals surface area (Å²) in [5.74, 6) is 0.212. The second-order valence-corrected chi connectivity index (χ2v) is 7.58. The van der Waals surface area contributed by atoms with Crippen LogP contribution in [0.5, 0.6) is 5.88 Å². The molecular formula is C20H16N2OS2. The Hall–Kier alpha value is -2.50. The van der Waals surface area contributed by atoms with Crippen molar-refractivity contribution >= 4 is 46.6 Å². The van der Waals surface area contributed by atoms with Gasteiger partial charge in [-0.25, -0.2) is 0 Å². The van der Waals surface area contributed by atoms with Crippen molar-refractivity contribution in [1.29, 1.82) is 0 Å². The van der Waals surface area contributed by atoms with Crippen molar-refractivity contribution < 1.29 is 5.11 Å². The molecule has 0 amide bonds. The molecule has 0 saturated heterocycles. The summed E-state index contributed by atoms with van der Waals surface area (Å²) in [5.41, 5.74) is 5.16. The van der Waals surface area contributed by atoms with Gasteiger partial charge in [-0.05, 0) is 36.8 Å². The van der Waals surface area contributed by atoms with Gasteiger partial charge in [-0.1, -0.05) is 48.5 Å². The van der Waals surface area contributed by atoms with Crippen LogP contribution in [0.25, 0.3) is 11.6 Å². The molecule has 0 bridgehead atoms. The molecule has 0 spiro atoms. The van der Waals surface area contributed by atoms with Crippen LogP contribution in [0.15, 0.2) is 59.6 Å². The maximum atomic E-state index is 10.7. The lowest BCUT2D eigenvalue weighted by atomic mass is 10.0. The highest BCUT2D eigenvalue weighted by Gasteiger charge is 2.19. The van der Waals surface area contributed by atoms with Gasteiger partial charge in [-0.3, -0.25) is 9.56 Å². The molecule has 0 atom stereocenters. The Morgan fingerprint density at radius 3 is 2.64 bits per heavy atom. The van der Waals surface area contributed by atoms with E-state index in [2.05, 4.69) is 11.1 Å². The summed E-state index contributed by atoms with van der Waals surface area (Å²) < 4.78 is 2.43. The summed E-state index contributed by atoms with van der Waals surface area (Å²) in [5, 5.41) is 10.7. The molecule has 3 aromatic rings. The number of aliphatic imine (C=N–C) groups is 1. The van der Waals surface area contributed by atoms with E-state index in [1.165, 1.54) is 11.3 Å². The van der Waals surface area contributed by atoms with Crippen molar-refractivity contribution in [1.82, 2.24) is 4.57 Å². The van der Waals surface area contributed by atoms with Crippen LogP contribution in [-0.4, -0.2) is 15.4 Å². The minimum atomic E-state index is 0.212. The number of rotatable bonds is 3. The Bertz CT molecular complexity index is 1060. The van der Waals surface area contributed by atoms with E-state index >= 15 is 0 Å². The van der Waals surface area contributed by atoms with E-state index in [0.29, 0.717) is 10.5 Å². The summed E-state index contributed by atoms with van der Waals surface area (Å²) in [6.45, 7) is 2.55. The number of benzene rings is 2. The Labute approximate surface area is 155 Å². The SMILES string of the molecule is CC1=Nc2ccccc2C1=Cc1sc(=S)n(Cc2ccccc2)c1O. The number of thiazole rings is 1. The van der Waals surface area contributed by atoms with Gasteiger partial charge < -0.3 is 5.11 Å². The summed E-state index contributed by atoms with van der Waals surface area (Å²) in [4.78, 5) is 5.36. The molecule has 4 rings (SSSR count). The largest absolute Gasteiger partial charge is 0.493 e. The third kappa shape index (κ3) is 2.97. The molecule has 2 aromatic carbocycles. The van der Waals surface area contributed by atoms with E-state index in [9.17, 15) is 5.11 Å². The third-order valence-electron chi connectivity index (χ3n) is 4.22. The maximum Gasteiger partial charge on any atom is 0.210 e. The van der Waals surface area contributed by atoms with Gasteiger partial charge in [-0.15, -0.1) is 11.3 Å². The highest BCUT2D eigenvalue weighted by atomic mass is 32.1. The Morgan fingerprint density at radius 2 is 1.84 bits per heavy atom. The molecule has 5 heteroatoms. The molecule has 1 aliphatic heterocycles. The number of aromatic nitrogens is 1. The predicted molar refractivity (Wildman–Crippen MR) is 107 cm³/mol. The fourth-order valence-electron chi connectivity index (χ4n) is 2.96. The average molecular weight is 364 g/mol. The van der Waals surface area contributed by atoms with E-state index in [4.69, 9.17) is 12.2 Å². The van der Waals surface area contributed by atoms with E-state index in [1.54, 1.807) is 4.57 Å². The zero-order chi connectivity index (χ0) is 17.4. The van der Waals surface area contributed by atoms with Gasteiger partial charge in [0.05, 0.1) is 17.1 Å². The third-order valence-corrected chi connectivity index (χ3v) is 5.61. The summed E-state index contributed by atoms with van der Waals surface area (Å²) in [7, 11) is 0. The maximum absolute atomic E-state index is 10.7. The van der Waals surface area contributed by atoms with E-state index in [-0.39, 0.29) is 5.88 Å². The molecule has 0 unspecified atom stereocenters. The molecule has 3 nitrogen and oxygen atoms in total. The number of allylic oxidation sites excluding steroid dienone is 1. The minimum Gasteiger partial charge on any atom is -0.493 e. The molecule has 0 saturated carbocycles. The van der Waals surface area contributed by atoms with Gasteiger partial charge in [0.1, 0.15) is 0 Å². The van der Waals surface area contributed by atoms with E-state index < -0.39 is 0 Å². The lowest BCUT2D eigenvalue weighted by molar-refractivity contribution is 0.422. The van der Waals surface area contributed by atoms with Gasteiger partial charge >= 0.3 is 0 Å². The highest BCUT2D eigenvalue weighted by Crippen LogP contribution is 2.38. The number of aromatic hydroxyl groups is 1. The van der Waals surface area contributed by atoms with Crippen molar-refractivity contribution in [2.75, 3.05) is 0 Å². The molecule has 1 aliphatic rings. The highest BCUT2D eigenvalue weighted by molar-refractivity contribution is 7.73. The van der Waals surface area contributed by atoms with E-state index in [1.807, 2.05) is 61.5 Å². The molecule has 0 fully saturated rings. The molecule has 25 heavy (non-hydrogen) atoms. The number of fused-ring (bicyclic) bond motifs is 1. The Morgan fingerprint density at radius 1 is 1.12 bits per heavy atom. The lowest BCUT2D eigenvalue weighted by Gasteiger charge is -2.05. The van der Waals surface area contributed by atoms with Crippen LogP contribution in [-0.2, 0) is 6.54 Å². The van der Waals surface area contributed by atoms with Crippen LogP contribution in [0.1, 0.15) is 22.9 Å². The molecule has 1 N–H and O–H groups in total. The topological polar surface area (TPSA) is 37.5 Å². The zero-order valence-corrected chi connectivity index (χ0v) is 15.3. The van der Waals surface area contributed by atoms with Gasteiger partial charge in [-0.2, -0.15) is 0 Å². The van der Waals surface area contributed by atoms with Gasteiger partial charge in [0, 0.05) is 16.8 Å². The first-order chi connectivity index (χ1) is 12.1. The van der Waals surface area contributed by atoms with Crippen molar-refractivity contribution in [2.45, 2.75) is 13.5 Å². The molecular weight excluding hydrogens is 348 g/mol. The van der Waals surface area contributed by atoms with Crippen LogP contribution >= 0.6 is 23.6 Å². The quantitative estimate of drug-likeness (QED) is 0.607. The molecule has 0 radical (unpaired) electrons. The first-order valence-electron chi connectivity index (χ1n) is 7.97. The molecule has 2 heterocycles. The van der Waals surface area contributed by atoms with Crippen LogP contribution in [0, 0.1) is 3.95 Å². The lowest BCUT2D eigenvalue weighted by Crippen LogP contribution is -1.98. The average Bonchev–Trinajstić information content (AvgIpc) is 3.07. The smallest absolute Gasteiger partial charge is 0.210 e. The monoisotopic (exact) mass is 364 g/mol. The van der Waals surface area contributed by atoms with E-state index in [0.717, 1.165) is 33.0 Å². The van der Waals surface area contributed by atoms with Crippen molar-refractivity contribution in [3.8, 4) is 5.88 Å². The number of para-hydroxylation sites is 1. The minimum absolute atomic E-state index is 0.212. The van der Waals surface area contributed by atoms with Crippen LogP contribution in [0.4, 0.5) is 5.69 Å². The van der Waals surface area contributed by atoms with Crippen molar-refractivity contribution in [3.05, 3.63) is 74.6 Å². The molecule has 124 valence electrons. The first kappa shape index (κ1) is 16.0. The number of nitrogens with zero attached hydrogens (tertiary/aromatic N) is 2. The second-order valence-electron chi connectivity index (χ2n) is 5.90. The van der Waals surface area contributed by atoms with Crippen LogP contribution in [0.2, 0.25) is 0 Å². The molecule has 0 aliphatic carbocycles. The van der Waals surface area contributed by atoms with Crippen LogP contribution < -0.4 is 0 Å². The summed E-state index contributed by atoms with van der Waals surface area (Å²) >= 11 is 6.89. The number of hydrogen-bond acceptors (Lipinski definition) is 4. The second kappa shape index (κ2) is 6.43. The first-order valence-corrected chi connectivity index (χ1v) is 9.19. The standard InChI is InChI=1S/C20H16N2OS2/c1-13-16(15-9-5-6-10-17(15)21-13)11-18-19(23)22(20(24)25-18)12-14-7-3-2-4-8-14/h2-11,23H,12H2,1H3.